The minimum Gasteiger partial charge on any atom is -0.279 e. The highest BCUT2D eigenvalue weighted by molar-refractivity contribution is 7.92. The van der Waals surface area contributed by atoms with Crippen LogP contribution in [0.4, 0.5) is 5.69 Å². The van der Waals surface area contributed by atoms with Crippen LogP contribution in [0.2, 0.25) is 0 Å². The molecule has 0 atom stereocenters. The summed E-state index contributed by atoms with van der Waals surface area (Å²) in [6.07, 6.45) is 0. The first-order valence-electron chi connectivity index (χ1n) is 8.64. The van der Waals surface area contributed by atoms with Gasteiger partial charge in [-0.3, -0.25) is 4.72 Å². The number of rotatable bonds is 3. The Hall–Kier alpha value is -1.81. The van der Waals surface area contributed by atoms with Crippen LogP contribution in [0.5, 0.6) is 0 Å². The highest BCUT2D eigenvalue weighted by atomic mass is 32.2. The first-order valence-corrected chi connectivity index (χ1v) is 10.1. The molecule has 2 aromatic rings. The van der Waals surface area contributed by atoms with E-state index in [0.717, 1.165) is 11.1 Å². The molecular weight excluding hydrogens is 318 g/mol. The highest BCUT2D eigenvalue weighted by Gasteiger charge is 2.14. The minimum atomic E-state index is -3.50. The lowest BCUT2D eigenvalue weighted by Gasteiger charge is -2.11. The van der Waals surface area contributed by atoms with E-state index >= 15 is 0 Å². The molecule has 0 amide bonds. The second-order valence-electron chi connectivity index (χ2n) is 4.24. The number of anilines is 1. The van der Waals surface area contributed by atoms with Crippen molar-refractivity contribution in [3.05, 3.63) is 59.7 Å². The van der Waals surface area contributed by atoms with Crippen molar-refractivity contribution in [2.75, 3.05) is 4.72 Å². The third-order valence-electron chi connectivity index (χ3n) is 2.69. The lowest BCUT2D eigenvalue weighted by atomic mass is 10.1. The summed E-state index contributed by atoms with van der Waals surface area (Å²) in [5, 5.41) is 0. The molecule has 0 saturated carbocycles. The minimum absolute atomic E-state index is 0.269. The first kappa shape index (κ1) is 24.4. The summed E-state index contributed by atoms with van der Waals surface area (Å²) in [6, 6.07) is 14.0. The fourth-order valence-corrected chi connectivity index (χ4v) is 2.79. The van der Waals surface area contributed by atoms with E-state index in [1.165, 1.54) is 0 Å². The Morgan fingerprint density at radius 2 is 1.25 bits per heavy atom. The summed E-state index contributed by atoms with van der Waals surface area (Å²) < 4.78 is 26.9. The maximum Gasteiger partial charge on any atom is 0.261 e. The Balaban J connectivity index is 0. The third kappa shape index (κ3) is 8.16. The molecule has 24 heavy (non-hydrogen) atoms. The van der Waals surface area contributed by atoms with Crippen molar-refractivity contribution >= 4 is 15.7 Å². The van der Waals surface area contributed by atoms with Crippen molar-refractivity contribution in [3.63, 3.8) is 0 Å². The molecule has 0 aliphatic heterocycles. The molecule has 0 saturated heterocycles. The smallest absolute Gasteiger partial charge is 0.261 e. The van der Waals surface area contributed by atoms with Gasteiger partial charge in [0.05, 0.1) is 10.6 Å². The van der Waals surface area contributed by atoms with Crippen LogP contribution in [-0.2, 0) is 10.0 Å². The molecule has 3 nitrogen and oxygen atoms in total. The summed E-state index contributed by atoms with van der Waals surface area (Å²) in [4.78, 5) is 0.269. The Morgan fingerprint density at radius 1 is 0.750 bits per heavy atom. The average Bonchev–Trinajstić information content (AvgIpc) is 2.64. The summed E-state index contributed by atoms with van der Waals surface area (Å²) in [6.45, 7) is 15.8. The van der Waals surface area contributed by atoms with E-state index in [9.17, 15) is 8.42 Å². The van der Waals surface area contributed by atoms with Crippen molar-refractivity contribution in [3.8, 4) is 0 Å². The maximum absolute atomic E-state index is 12.2. The molecule has 0 heterocycles. The van der Waals surface area contributed by atoms with Gasteiger partial charge in [0, 0.05) is 0 Å². The van der Waals surface area contributed by atoms with Crippen LogP contribution in [0.15, 0.2) is 53.4 Å². The largest absolute Gasteiger partial charge is 0.279 e. The van der Waals surface area contributed by atoms with Crippen LogP contribution < -0.4 is 4.72 Å². The molecule has 2 aromatic carbocycles. The van der Waals surface area contributed by atoms with Crippen LogP contribution in [0.25, 0.3) is 0 Å². The van der Waals surface area contributed by atoms with Gasteiger partial charge in [-0.1, -0.05) is 71.9 Å². The Bertz CT molecular complexity index is 651. The van der Waals surface area contributed by atoms with Gasteiger partial charge < -0.3 is 0 Å². The molecule has 0 fully saturated rings. The predicted octanol–water partition coefficient (Wildman–Crippen LogP) is 6.18. The molecule has 0 aliphatic rings. The van der Waals surface area contributed by atoms with Crippen LogP contribution >= 0.6 is 0 Å². The molecule has 0 unspecified atom stereocenters. The number of sulfonamides is 1. The van der Waals surface area contributed by atoms with E-state index in [1.807, 2.05) is 73.6 Å². The van der Waals surface area contributed by atoms with Crippen LogP contribution in [0.3, 0.4) is 0 Å². The number of hydrogen-bond acceptors (Lipinski definition) is 2. The summed E-state index contributed by atoms with van der Waals surface area (Å²) >= 11 is 0. The van der Waals surface area contributed by atoms with Crippen molar-refractivity contribution in [1.82, 2.24) is 0 Å². The summed E-state index contributed by atoms with van der Waals surface area (Å²) in [7, 11) is -3.50. The van der Waals surface area contributed by atoms with E-state index < -0.39 is 10.0 Å². The molecule has 0 bridgehead atoms. The lowest BCUT2D eigenvalue weighted by Crippen LogP contribution is -2.13. The molecule has 136 valence electrons. The SMILES string of the molecule is CC.CC.CC.Cc1ccc(C)c(NS(=O)(=O)c2ccccc2)c1. The van der Waals surface area contributed by atoms with E-state index in [-0.39, 0.29) is 4.90 Å². The van der Waals surface area contributed by atoms with Gasteiger partial charge in [-0.2, -0.15) is 0 Å². The highest BCUT2D eigenvalue weighted by Crippen LogP contribution is 2.20. The lowest BCUT2D eigenvalue weighted by molar-refractivity contribution is 0.601. The molecule has 0 aromatic heterocycles. The van der Waals surface area contributed by atoms with Gasteiger partial charge >= 0.3 is 0 Å². The van der Waals surface area contributed by atoms with Gasteiger partial charge in [-0.25, -0.2) is 8.42 Å². The second-order valence-corrected chi connectivity index (χ2v) is 5.92. The maximum atomic E-state index is 12.2. The monoisotopic (exact) mass is 351 g/mol. The second kappa shape index (κ2) is 13.6. The van der Waals surface area contributed by atoms with Crippen molar-refractivity contribution in [2.24, 2.45) is 0 Å². The van der Waals surface area contributed by atoms with Gasteiger partial charge in [-0.05, 0) is 43.2 Å². The van der Waals surface area contributed by atoms with Gasteiger partial charge in [-0.15, -0.1) is 0 Å². The van der Waals surface area contributed by atoms with Crippen LogP contribution in [0.1, 0.15) is 52.7 Å². The summed E-state index contributed by atoms with van der Waals surface area (Å²) in [5.41, 5.74) is 2.55. The van der Waals surface area contributed by atoms with Crippen molar-refractivity contribution < 1.29 is 8.42 Å². The Morgan fingerprint density at radius 3 is 1.75 bits per heavy atom. The predicted molar refractivity (Wildman–Crippen MR) is 107 cm³/mol. The van der Waals surface area contributed by atoms with Crippen molar-refractivity contribution in [1.29, 1.82) is 0 Å². The van der Waals surface area contributed by atoms with Gasteiger partial charge in [0.25, 0.3) is 10.0 Å². The first-order chi connectivity index (χ1) is 11.5. The zero-order valence-electron chi connectivity index (χ0n) is 16.3. The number of hydrogen-bond donors (Lipinski definition) is 1. The standard InChI is InChI=1S/C14H15NO2S.3C2H6/c1-11-8-9-12(2)14(10-11)15-18(16,17)13-6-4-3-5-7-13;3*1-2/h3-10,15H,1-2H3;3*1-2H3. The molecule has 0 aliphatic carbocycles. The van der Waals surface area contributed by atoms with Gasteiger partial charge in [0.1, 0.15) is 0 Å². The molecule has 2 rings (SSSR count). The van der Waals surface area contributed by atoms with E-state index in [0.29, 0.717) is 5.69 Å². The number of nitrogens with one attached hydrogen (secondary N) is 1. The van der Waals surface area contributed by atoms with Gasteiger partial charge in [0.15, 0.2) is 0 Å². The Kier molecular flexibility index (Phi) is 13.9. The molecule has 4 heteroatoms. The Labute approximate surface area is 149 Å². The zero-order chi connectivity index (χ0) is 19.2. The fraction of sp³-hybridized carbons (Fsp3) is 0.400. The molecular formula is C20H33NO2S. The zero-order valence-corrected chi connectivity index (χ0v) is 17.2. The molecule has 0 spiro atoms. The van der Waals surface area contributed by atoms with E-state index in [1.54, 1.807) is 30.3 Å². The summed E-state index contributed by atoms with van der Waals surface area (Å²) in [5.74, 6) is 0. The van der Waals surface area contributed by atoms with E-state index in [4.69, 9.17) is 0 Å². The number of aryl methyl sites for hydroxylation is 2. The quantitative estimate of drug-likeness (QED) is 0.717. The third-order valence-corrected chi connectivity index (χ3v) is 4.07. The number of benzene rings is 2. The van der Waals surface area contributed by atoms with Crippen molar-refractivity contribution in [2.45, 2.75) is 60.3 Å². The fourth-order valence-electron chi connectivity index (χ4n) is 1.65. The molecule has 1 N–H and O–H groups in total. The normalized spacial score (nSPS) is 9.17. The average molecular weight is 352 g/mol. The van der Waals surface area contributed by atoms with Crippen LogP contribution in [0, 0.1) is 13.8 Å². The van der Waals surface area contributed by atoms with Crippen LogP contribution in [-0.4, -0.2) is 8.42 Å². The molecule has 0 radical (unpaired) electrons. The van der Waals surface area contributed by atoms with Gasteiger partial charge in [0.2, 0.25) is 0 Å². The van der Waals surface area contributed by atoms with E-state index in [2.05, 4.69) is 4.72 Å². The topological polar surface area (TPSA) is 46.2 Å².